The van der Waals surface area contributed by atoms with Crippen molar-refractivity contribution in [3.8, 4) is 16.9 Å². The van der Waals surface area contributed by atoms with Crippen LogP contribution < -0.4 is 11.3 Å². The van der Waals surface area contributed by atoms with Crippen LogP contribution in [0.2, 0.25) is 0 Å². The fourth-order valence-electron chi connectivity index (χ4n) is 3.07. The van der Waals surface area contributed by atoms with Gasteiger partial charge in [-0.15, -0.1) is 0 Å². The van der Waals surface area contributed by atoms with Gasteiger partial charge in [-0.3, -0.25) is 19.7 Å². The molecule has 1 aromatic heterocycles. The topological polar surface area (TPSA) is 103 Å². The molecule has 0 fully saturated rings. The van der Waals surface area contributed by atoms with E-state index < -0.39 is 0 Å². The summed E-state index contributed by atoms with van der Waals surface area (Å²) in [5.74, 6) is -0.252. The molecule has 0 amide bonds. The molecule has 3 rings (SSSR count). The summed E-state index contributed by atoms with van der Waals surface area (Å²) in [6, 6.07) is 16.3. The third-order valence-electron chi connectivity index (χ3n) is 4.64. The van der Waals surface area contributed by atoms with E-state index in [4.69, 9.17) is 11.1 Å². The molecule has 0 spiro atoms. The lowest BCUT2D eigenvalue weighted by molar-refractivity contribution is -0.140. The molecular formula is C21H22N4O3. The number of carbonyl (C=O) groups is 1. The smallest absolute Gasteiger partial charge is 0.305 e. The minimum atomic E-state index is -0.237. The van der Waals surface area contributed by atoms with Crippen molar-refractivity contribution in [2.75, 3.05) is 7.11 Å². The highest BCUT2D eigenvalue weighted by atomic mass is 16.5. The number of hydrogen-bond acceptors (Lipinski definition) is 4. The lowest BCUT2D eigenvalue weighted by atomic mass is 10.1. The van der Waals surface area contributed by atoms with Crippen molar-refractivity contribution in [3.05, 3.63) is 76.1 Å². The Hall–Kier alpha value is -3.61. The molecule has 144 valence electrons. The normalized spacial score (nSPS) is 10.6. The molecule has 0 radical (unpaired) electrons. The lowest BCUT2D eigenvalue weighted by Gasteiger charge is -2.11. The van der Waals surface area contributed by atoms with Crippen LogP contribution >= 0.6 is 0 Å². The molecule has 2 aromatic carbocycles. The van der Waals surface area contributed by atoms with Gasteiger partial charge >= 0.3 is 5.97 Å². The number of amidine groups is 1. The van der Waals surface area contributed by atoms with E-state index in [1.54, 1.807) is 39.7 Å². The van der Waals surface area contributed by atoms with Gasteiger partial charge in [0.05, 0.1) is 18.5 Å². The molecule has 7 nitrogen and oxygen atoms in total. The highest BCUT2D eigenvalue weighted by molar-refractivity contribution is 5.95. The highest BCUT2D eigenvalue weighted by Crippen LogP contribution is 2.20. The average Bonchev–Trinajstić information content (AvgIpc) is 3.00. The Morgan fingerprint density at radius 2 is 1.75 bits per heavy atom. The summed E-state index contributed by atoms with van der Waals surface area (Å²) in [5.41, 5.74) is 9.34. The number of nitrogens with one attached hydrogen (secondary N) is 1. The van der Waals surface area contributed by atoms with E-state index in [1.807, 2.05) is 31.3 Å². The second-order valence-corrected chi connectivity index (χ2v) is 6.44. The van der Waals surface area contributed by atoms with E-state index in [2.05, 4.69) is 4.74 Å². The Bertz CT molecular complexity index is 1060. The quantitative estimate of drug-likeness (QED) is 0.390. The molecule has 0 aliphatic carbocycles. The Kier molecular flexibility index (Phi) is 5.44. The Morgan fingerprint density at radius 3 is 2.32 bits per heavy atom. The number of rotatable bonds is 6. The van der Waals surface area contributed by atoms with E-state index in [1.165, 1.54) is 7.11 Å². The summed E-state index contributed by atoms with van der Waals surface area (Å²) in [6.45, 7) is 0. The van der Waals surface area contributed by atoms with Crippen molar-refractivity contribution in [2.45, 2.75) is 12.8 Å². The summed E-state index contributed by atoms with van der Waals surface area (Å²) < 4.78 is 8.01. The second-order valence-electron chi connectivity index (χ2n) is 6.44. The average molecular weight is 378 g/mol. The molecule has 28 heavy (non-hydrogen) atoms. The number of aryl methyl sites for hydroxylation is 1. The first kappa shape index (κ1) is 19.2. The van der Waals surface area contributed by atoms with Crippen LogP contribution in [0.15, 0.2) is 59.4 Å². The van der Waals surface area contributed by atoms with Gasteiger partial charge in [0.2, 0.25) is 0 Å². The molecule has 0 bridgehead atoms. The zero-order valence-corrected chi connectivity index (χ0v) is 15.8. The van der Waals surface area contributed by atoms with Gasteiger partial charge in [-0.05, 0) is 41.8 Å². The van der Waals surface area contributed by atoms with Gasteiger partial charge in [-0.2, -0.15) is 0 Å². The fourth-order valence-corrected chi connectivity index (χ4v) is 3.07. The number of aromatic nitrogens is 2. The van der Waals surface area contributed by atoms with Gasteiger partial charge in [0.1, 0.15) is 5.84 Å². The summed E-state index contributed by atoms with van der Waals surface area (Å²) in [7, 11) is 3.20. The summed E-state index contributed by atoms with van der Waals surface area (Å²) in [4.78, 5) is 23.8. The van der Waals surface area contributed by atoms with Crippen LogP contribution in [-0.4, -0.2) is 28.3 Å². The van der Waals surface area contributed by atoms with Crippen LogP contribution in [0.25, 0.3) is 16.9 Å². The van der Waals surface area contributed by atoms with E-state index in [0.29, 0.717) is 24.1 Å². The zero-order chi connectivity index (χ0) is 20.3. The second kappa shape index (κ2) is 7.96. The third-order valence-corrected chi connectivity index (χ3v) is 4.64. The first-order valence-corrected chi connectivity index (χ1v) is 8.80. The molecule has 0 saturated carbocycles. The minimum absolute atomic E-state index is 0.0150. The largest absolute Gasteiger partial charge is 0.469 e. The van der Waals surface area contributed by atoms with Gasteiger partial charge in [0, 0.05) is 25.1 Å². The molecule has 3 N–H and O–H groups in total. The summed E-state index contributed by atoms with van der Waals surface area (Å²) in [5, 5.41) is 7.47. The van der Waals surface area contributed by atoms with Gasteiger partial charge in [0.25, 0.3) is 5.56 Å². The third kappa shape index (κ3) is 3.88. The molecule has 0 saturated heterocycles. The van der Waals surface area contributed by atoms with Gasteiger partial charge in [-0.1, -0.05) is 24.3 Å². The SMILES string of the molecule is COC(=O)CCc1ccc(-c2cc(=O)n(-c3ccc(C(=N)N)cc3)n2C)cc1. The number of methoxy groups -OCH3 is 1. The highest BCUT2D eigenvalue weighted by Gasteiger charge is 2.12. The Morgan fingerprint density at radius 1 is 1.11 bits per heavy atom. The zero-order valence-electron chi connectivity index (χ0n) is 15.8. The van der Waals surface area contributed by atoms with Gasteiger partial charge in [0.15, 0.2) is 0 Å². The van der Waals surface area contributed by atoms with Gasteiger partial charge < -0.3 is 10.5 Å². The maximum atomic E-state index is 12.6. The molecule has 0 aliphatic heterocycles. The monoisotopic (exact) mass is 378 g/mol. The predicted molar refractivity (Wildman–Crippen MR) is 108 cm³/mol. The van der Waals surface area contributed by atoms with Crippen LogP contribution in [0.5, 0.6) is 0 Å². The van der Waals surface area contributed by atoms with E-state index in [9.17, 15) is 9.59 Å². The van der Waals surface area contributed by atoms with Crippen molar-refractivity contribution in [2.24, 2.45) is 12.8 Å². The first-order valence-electron chi connectivity index (χ1n) is 8.80. The number of nitrogens with two attached hydrogens (primary N) is 1. The van der Waals surface area contributed by atoms with Crippen LogP contribution in [0.1, 0.15) is 17.5 Å². The molecule has 3 aromatic rings. The standard InChI is InChI=1S/C21H22N4O3/c1-24-18(15-6-3-14(4-7-15)5-12-20(27)28-2)13-19(26)25(24)17-10-8-16(9-11-17)21(22)23/h3-4,6-11,13H,5,12H2,1-2H3,(H3,22,23). The minimum Gasteiger partial charge on any atom is -0.469 e. The van der Waals surface area contributed by atoms with E-state index >= 15 is 0 Å². The van der Waals surface area contributed by atoms with Crippen molar-refractivity contribution in [3.63, 3.8) is 0 Å². The summed E-state index contributed by atoms with van der Waals surface area (Å²) >= 11 is 0. The van der Waals surface area contributed by atoms with Gasteiger partial charge in [-0.25, -0.2) is 4.68 Å². The van der Waals surface area contributed by atoms with Crippen LogP contribution in [0.3, 0.4) is 0 Å². The lowest BCUT2D eigenvalue weighted by Crippen LogP contribution is -2.19. The van der Waals surface area contributed by atoms with E-state index in [-0.39, 0.29) is 17.4 Å². The maximum Gasteiger partial charge on any atom is 0.305 e. The molecule has 0 atom stereocenters. The number of esters is 1. The molecular weight excluding hydrogens is 356 g/mol. The van der Waals surface area contributed by atoms with E-state index in [0.717, 1.165) is 16.8 Å². The number of hydrogen-bond donors (Lipinski definition) is 2. The number of ether oxygens (including phenoxy) is 1. The van der Waals surface area contributed by atoms with Crippen LogP contribution in [0, 0.1) is 5.41 Å². The number of nitrogen functional groups attached to an aromatic ring is 1. The van der Waals surface area contributed by atoms with Crippen molar-refractivity contribution in [1.29, 1.82) is 5.41 Å². The maximum absolute atomic E-state index is 12.6. The Labute approximate surface area is 162 Å². The number of carbonyl (C=O) groups excluding carboxylic acids is 1. The van der Waals surface area contributed by atoms with Crippen molar-refractivity contribution >= 4 is 11.8 Å². The van der Waals surface area contributed by atoms with Crippen molar-refractivity contribution in [1.82, 2.24) is 9.36 Å². The molecule has 0 unspecified atom stereocenters. The molecule has 7 heteroatoms. The predicted octanol–water partition coefficient (Wildman–Crippen LogP) is 2.23. The van der Waals surface area contributed by atoms with Crippen LogP contribution in [-0.2, 0) is 23.0 Å². The van der Waals surface area contributed by atoms with Crippen molar-refractivity contribution < 1.29 is 9.53 Å². The van der Waals surface area contributed by atoms with Crippen LogP contribution in [0.4, 0.5) is 0 Å². The Balaban J connectivity index is 1.88. The number of benzene rings is 2. The summed E-state index contributed by atoms with van der Waals surface area (Å²) in [6.07, 6.45) is 0.941. The molecule has 0 aliphatic rings. The first-order chi connectivity index (χ1) is 13.4. The fraction of sp³-hybridized carbons (Fsp3) is 0.190. The number of nitrogens with zero attached hydrogens (tertiary/aromatic N) is 2. The molecule has 1 heterocycles.